The van der Waals surface area contributed by atoms with E-state index in [2.05, 4.69) is 21.3 Å². The summed E-state index contributed by atoms with van der Waals surface area (Å²) >= 11 is 0. The number of para-hydroxylation sites is 1. The van der Waals surface area contributed by atoms with Crippen molar-refractivity contribution in [2.24, 2.45) is 11.7 Å². The summed E-state index contributed by atoms with van der Waals surface area (Å²) in [5, 5.41) is 10.7. The maximum atomic E-state index is 12.2. The third-order valence-corrected chi connectivity index (χ3v) is 4.25. The quantitative estimate of drug-likeness (QED) is 0.492. The van der Waals surface area contributed by atoms with Gasteiger partial charge in [-0.1, -0.05) is 38.1 Å². The van der Waals surface area contributed by atoms with Gasteiger partial charge in [-0.3, -0.25) is 9.59 Å². The second kappa shape index (κ2) is 10.2. The van der Waals surface area contributed by atoms with E-state index in [1.165, 1.54) is 0 Å². The summed E-state index contributed by atoms with van der Waals surface area (Å²) in [6.45, 7) is 5.31. The van der Waals surface area contributed by atoms with Crippen LogP contribution < -0.4 is 27.0 Å². The third kappa shape index (κ3) is 6.93. The molecule has 0 radical (unpaired) electrons. The Morgan fingerprint density at radius 1 is 0.931 bits per heavy atom. The van der Waals surface area contributed by atoms with Gasteiger partial charge in [-0.05, 0) is 42.7 Å². The Kier molecular flexibility index (Phi) is 7.73. The minimum Gasteiger partial charge on any atom is -0.346 e. The highest BCUT2D eigenvalue weighted by atomic mass is 16.2. The Balaban J connectivity index is 1.93. The molecule has 154 valence electrons. The number of carbonyl (C=O) groups excluding carboxylic acids is 3. The number of aryl methyl sites for hydroxylation is 1. The molecular formula is C21H27N5O3. The Morgan fingerprint density at radius 2 is 1.59 bits per heavy atom. The molecule has 0 fully saturated rings. The van der Waals surface area contributed by atoms with E-state index >= 15 is 0 Å². The van der Waals surface area contributed by atoms with Crippen LogP contribution in [-0.2, 0) is 9.59 Å². The maximum absolute atomic E-state index is 12.2. The van der Waals surface area contributed by atoms with E-state index in [4.69, 9.17) is 5.73 Å². The van der Waals surface area contributed by atoms with Gasteiger partial charge in [0, 0.05) is 17.1 Å². The summed E-state index contributed by atoms with van der Waals surface area (Å²) in [6.07, 6.45) is 0. The first-order valence-electron chi connectivity index (χ1n) is 9.33. The fourth-order valence-corrected chi connectivity index (χ4v) is 2.43. The molecule has 0 aliphatic carbocycles. The smallest absolute Gasteiger partial charge is 0.323 e. The van der Waals surface area contributed by atoms with Crippen molar-refractivity contribution in [2.45, 2.75) is 26.8 Å². The van der Waals surface area contributed by atoms with Crippen molar-refractivity contribution in [3.05, 3.63) is 54.1 Å². The van der Waals surface area contributed by atoms with E-state index in [1.54, 1.807) is 30.3 Å². The standard InChI is InChI=1S/C21H27N5O3/c1-13(2)19(22)20(28)23-12-18(27)26-17-11-16(10-9-14(17)3)25-21(29)24-15-7-5-4-6-8-15/h4-11,13,19H,12,22H2,1-3H3,(H,23,28)(H,26,27)(H2,24,25,29)/t19-/m0/s1. The van der Waals surface area contributed by atoms with Gasteiger partial charge in [-0.2, -0.15) is 0 Å². The predicted octanol–water partition coefficient (Wildman–Crippen LogP) is 2.68. The highest BCUT2D eigenvalue weighted by Gasteiger charge is 2.17. The van der Waals surface area contributed by atoms with Crippen LogP contribution in [0.25, 0.3) is 0 Å². The van der Waals surface area contributed by atoms with Crippen molar-refractivity contribution in [2.75, 3.05) is 22.5 Å². The van der Waals surface area contributed by atoms with Gasteiger partial charge >= 0.3 is 6.03 Å². The molecule has 0 aliphatic heterocycles. The Bertz CT molecular complexity index is 868. The lowest BCUT2D eigenvalue weighted by molar-refractivity contribution is -0.125. The number of carbonyl (C=O) groups is 3. The summed E-state index contributed by atoms with van der Waals surface area (Å²) in [6, 6.07) is 13.2. The van der Waals surface area contributed by atoms with Crippen LogP contribution in [0.15, 0.2) is 48.5 Å². The summed E-state index contributed by atoms with van der Waals surface area (Å²) in [7, 11) is 0. The molecule has 6 N–H and O–H groups in total. The van der Waals surface area contributed by atoms with E-state index in [-0.39, 0.29) is 24.3 Å². The van der Waals surface area contributed by atoms with Gasteiger partial charge in [0.05, 0.1) is 12.6 Å². The van der Waals surface area contributed by atoms with Crippen LogP contribution in [0.4, 0.5) is 21.9 Å². The van der Waals surface area contributed by atoms with Gasteiger partial charge in [0.25, 0.3) is 0 Å². The molecule has 29 heavy (non-hydrogen) atoms. The largest absolute Gasteiger partial charge is 0.346 e. The normalized spacial score (nSPS) is 11.5. The van der Waals surface area contributed by atoms with Crippen LogP contribution in [0.1, 0.15) is 19.4 Å². The Hall–Kier alpha value is -3.39. The molecule has 0 aliphatic rings. The molecular weight excluding hydrogens is 370 g/mol. The van der Waals surface area contributed by atoms with Crippen molar-refractivity contribution < 1.29 is 14.4 Å². The van der Waals surface area contributed by atoms with E-state index in [9.17, 15) is 14.4 Å². The van der Waals surface area contributed by atoms with Crippen LogP contribution in [0.2, 0.25) is 0 Å². The molecule has 0 saturated heterocycles. The molecule has 8 nitrogen and oxygen atoms in total. The average Bonchev–Trinajstić information content (AvgIpc) is 2.68. The topological polar surface area (TPSA) is 125 Å². The monoisotopic (exact) mass is 397 g/mol. The SMILES string of the molecule is Cc1ccc(NC(=O)Nc2ccccc2)cc1NC(=O)CNC(=O)[C@@H](N)C(C)C. The highest BCUT2D eigenvalue weighted by molar-refractivity contribution is 6.01. The third-order valence-electron chi connectivity index (χ3n) is 4.25. The van der Waals surface area contributed by atoms with Crippen molar-refractivity contribution in [3.8, 4) is 0 Å². The van der Waals surface area contributed by atoms with Crippen LogP contribution in [0, 0.1) is 12.8 Å². The molecule has 2 aromatic rings. The Morgan fingerprint density at radius 3 is 2.24 bits per heavy atom. The molecule has 0 bridgehead atoms. The molecule has 1 atom stereocenters. The number of amides is 4. The molecule has 2 rings (SSSR count). The summed E-state index contributed by atoms with van der Waals surface area (Å²) in [5.74, 6) is -0.784. The molecule has 0 spiro atoms. The first kappa shape index (κ1) is 21.9. The Labute approximate surface area is 170 Å². The van der Waals surface area contributed by atoms with Crippen molar-refractivity contribution in [1.29, 1.82) is 0 Å². The molecule has 0 heterocycles. The molecule has 4 amide bonds. The molecule has 0 unspecified atom stereocenters. The lowest BCUT2D eigenvalue weighted by Crippen LogP contribution is -2.46. The summed E-state index contributed by atoms with van der Waals surface area (Å²) < 4.78 is 0. The fraction of sp³-hybridized carbons (Fsp3) is 0.286. The van der Waals surface area contributed by atoms with Gasteiger partial charge < -0.3 is 27.0 Å². The van der Waals surface area contributed by atoms with Crippen molar-refractivity contribution >= 4 is 34.9 Å². The fourth-order valence-electron chi connectivity index (χ4n) is 2.43. The lowest BCUT2D eigenvalue weighted by atomic mass is 10.1. The van der Waals surface area contributed by atoms with E-state index in [0.717, 1.165) is 5.56 Å². The van der Waals surface area contributed by atoms with E-state index in [0.29, 0.717) is 17.1 Å². The first-order valence-corrected chi connectivity index (χ1v) is 9.33. The van der Waals surface area contributed by atoms with Crippen molar-refractivity contribution in [1.82, 2.24) is 5.32 Å². The van der Waals surface area contributed by atoms with Gasteiger partial charge in [0.2, 0.25) is 11.8 Å². The maximum Gasteiger partial charge on any atom is 0.323 e. The highest BCUT2D eigenvalue weighted by Crippen LogP contribution is 2.20. The number of anilines is 3. The van der Waals surface area contributed by atoms with E-state index < -0.39 is 12.1 Å². The number of nitrogens with two attached hydrogens (primary N) is 1. The number of benzene rings is 2. The van der Waals surface area contributed by atoms with Gasteiger partial charge in [-0.15, -0.1) is 0 Å². The predicted molar refractivity (Wildman–Crippen MR) is 115 cm³/mol. The molecule has 2 aromatic carbocycles. The van der Waals surface area contributed by atoms with Gasteiger partial charge in [0.15, 0.2) is 0 Å². The van der Waals surface area contributed by atoms with Crippen LogP contribution in [0.5, 0.6) is 0 Å². The number of nitrogens with one attached hydrogen (secondary N) is 4. The van der Waals surface area contributed by atoms with Crippen molar-refractivity contribution in [3.63, 3.8) is 0 Å². The van der Waals surface area contributed by atoms with Gasteiger partial charge in [-0.25, -0.2) is 4.79 Å². The number of hydrogen-bond acceptors (Lipinski definition) is 4. The minimum absolute atomic E-state index is 0.0231. The number of hydrogen-bond donors (Lipinski definition) is 5. The molecule has 0 aromatic heterocycles. The minimum atomic E-state index is -0.666. The average molecular weight is 397 g/mol. The number of rotatable bonds is 7. The van der Waals surface area contributed by atoms with Crippen LogP contribution in [0.3, 0.4) is 0 Å². The summed E-state index contributed by atoms with van der Waals surface area (Å²) in [5.41, 5.74) is 8.29. The van der Waals surface area contributed by atoms with Crippen LogP contribution in [-0.4, -0.2) is 30.4 Å². The second-order valence-corrected chi connectivity index (χ2v) is 7.01. The zero-order valence-electron chi connectivity index (χ0n) is 16.8. The van der Waals surface area contributed by atoms with E-state index in [1.807, 2.05) is 39.0 Å². The molecule has 0 saturated carbocycles. The van der Waals surface area contributed by atoms with Gasteiger partial charge in [0.1, 0.15) is 0 Å². The summed E-state index contributed by atoms with van der Waals surface area (Å²) in [4.78, 5) is 36.2. The molecule has 8 heteroatoms. The zero-order valence-corrected chi connectivity index (χ0v) is 16.8. The number of urea groups is 1. The van der Waals surface area contributed by atoms with Crippen LogP contribution >= 0.6 is 0 Å². The zero-order chi connectivity index (χ0) is 21.4. The first-order chi connectivity index (χ1) is 13.8. The second-order valence-electron chi connectivity index (χ2n) is 7.01. The lowest BCUT2D eigenvalue weighted by Gasteiger charge is -2.16.